The molecule has 0 spiro atoms. The highest BCUT2D eigenvalue weighted by Gasteiger charge is 2.34. The second kappa shape index (κ2) is 12.5. The molecule has 0 radical (unpaired) electrons. The molecule has 3 atom stereocenters. The average molecular weight is 510 g/mol. The smallest absolute Gasteiger partial charge is 0.259 e. The van der Waals surface area contributed by atoms with Crippen LogP contribution in [-0.4, -0.2) is 84.4 Å². The van der Waals surface area contributed by atoms with E-state index in [1.54, 1.807) is 29.3 Å². The zero-order valence-corrected chi connectivity index (χ0v) is 21.8. The Morgan fingerprint density at radius 1 is 1.22 bits per heavy atom. The molecule has 1 saturated heterocycles. The average Bonchev–Trinajstić information content (AvgIpc) is 2.89. The van der Waals surface area contributed by atoms with E-state index >= 15 is 0 Å². The van der Waals surface area contributed by atoms with Crippen molar-refractivity contribution in [3.63, 3.8) is 0 Å². The van der Waals surface area contributed by atoms with Crippen molar-refractivity contribution < 1.29 is 23.8 Å². The molecule has 0 aliphatic carbocycles. The molecule has 0 unspecified atom stereocenters. The number of likely N-dealkylation sites (N-methyl/N-ethyl adjacent to an activating group) is 1. The van der Waals surface area contributed by atoms with E-state index in [1.165, 1.54) is 12.1 Å². The minimum atomic E-state index is -0.359. The SMILES string of the molecule is C[C@@H]1CN([C@@H](C)CO)C(=O)c2cc(C#Cc3cccc(F)c3)cnc2O[C@@H]1CN(C)CC1CCOCC1. The quantitative estimate of drug-likeness (QED) is 0.603. The van der Waals surface area contributed by atoms with E-state index in [0.29, 0.717) is 35.7 Å². The molecule has 1 amide bonds. The molecule has 1 fully saturated rings. The molecule has 198 valence electrons. The van der Waals surface area contributed by atoms with Gasteiger partial charge in [0, 0.05) is 56.1 Å². The summed E-state index contributed by atoms with van der Waals surface area (Å²) in [7, 11) is 2.10. The van der Waals surface area contributed by atoms with Gasteiger partial charge in [-0.25, -0.2) is 9.37 Å². The predicted octanol–water partition coefficient (Wildman–Crippen LogP) is 3.20. The summed E-state index contributed by atoms with van der Waals surface area (Å²) in [6.45, 7) is 7.49. The summed E-state index contributed by atoms with van der Waals surface area (Å²) >= 11 is 0. The molecule has 1 N–H and O–H groups in total. The molecule has 1 aromatic heterocycles. The van der Waals surface area contributed by atoms with Gasteiger partial charge in [0.15, 0.2) is 0 Å². The highest BCUT2D eigenvalue weighted by Crippen LogP contribution is 2.27. The summed E-state index contributed by atoms with van der Waals surface area (Å²) in [4.78, 5) is 22.0. The van der Waals surface area contributed by atoms with Gasteiger partial charge in [-0.3, -0.25) is 4.79 Å². The normalized spacial score (nSPS) is 21.4. The number of hydrogen-bond donors (Lipinski definition) is 1. The second-order valence-corrected chi connectivity index (χ2v) is 10.2. The fraction of sp³-hybridized carbons (Fsp3) is 0.517. The van der Waals surface area contributed by atoms with Crippen molar-refractivity contribution in [2.75, 3.05) is 46.5 Å². The summed E-state index contributed by atoms with van der Waals surface area (Å²) in [6, 6.07) is 7.36. The lowest BCUT2D eigenvalue weighted by molar-refractivity contribution is 0.0254. The van der Waals surface area contributed by atoms with Gasteiger partial charge >= 0.3 is 0 Å². The number of amides is 1. The van der Waals surface area contributed by atoms with E-state index < -0.39 is 0 Å². The summed E-state index contributed by atoms with van der Waals surface area (Å²) in [5.74, 6) is 6.19. The Bertz CT molecular complexity index is 1140. The lowest BCUT2D eigenvalue weighted by Gasteiger charge is -2.38. The van der Waals surface area contributed by atoms with Crippen LogP contribution in [-0.2, 0) is 4.74 Å². The minimum absolute atomic E-state index is 0.0254. The molecule has 2 aliphatic heterocycles. The number of rotatable bonds is 6. The third-order valence-corrected chi connectivity index (χ3v) is 7.10. The van der Waals surface area contributed by atoms with Gasteiger partial charge < -0.3 is 24.4 Å². The van der Waals surface area contributed by atoms with Gasteiger partial charge in [0.25, 0.3) is 5.91 Å². The molecule has 2 aliphatic rings. The first-order valence-electron chi connectivity index (χ1n) is 13.0. The van der Waals surface area contributed by atoms with Crippen LogP contribution in [0, 0.1) is 29.5 Å². The molecule has 7 nitrogen and oxygen atoms in total. The number of aliphatic hydroxyl groups excluding tert-OH is 1. The number of halogens is 1. The maximum atomic E-state index is 13.6. The number of pyridine rings is 1. The van der Waals surface area contributed by atoms with Crippen LogP contribution < -0.4 is 4.74 Å². The van der Waals surface area contributed by atoms with Crippen LogP contribution in [0.5, 0.6) is 5.88 Å². The number of aliphatic hydroxyl groups is 1. The van der Waals surface area contributed by atoms with Gasteiger partial charge in [-0.1, -0.05) is 24.8 Å². The molecular weight excluding hydrogens is 473 g/mol. The zero-order valence-electron chi connectivity index (χ0n) is 21.8. The van der Waals surface area contributed by atoms with Gasteiger partial charge in [0.2, 0.25) is 5.88 Å². The number of aromatic nitrogens is 1. The van der Waals surface area contributed by atoms with Crippen molar-refractivity contribution in [3.8, 4) is 17.7 Å². The summed E-state index contributed by atoms with van der Waals surface area (Å²) in [5, 5.41) is 9.87. The van der Waals surface area contributed by atoms with E-state index in [-0.39, 0.29) is 42.3 Å². The maximum absolute atomic E-state index is 13.6. The van der Waals surface area contributed by atoms with Crippen LogP contribution in [0.25, 0.3) is 0 Å². The van der Waals surface area contributed by atoms with E-state index in [2.05, 4.69) is 35.7 Å². The Balaban J connectivity index is 1.60. The fourth-order valence-corrected chi connectivity index (χ4v) is 4.85. The Morgan fingerprint density at radius 2 is 1.97 bits per heavy atom. The van der Waals surface area contributed by atoms with Crippen molar-refractivity contribution in [2.24, 2.45) is 11.8 Å². The zero-order chi connectivity index (χ0) is 26.4. The van der Waals surface area contributed by atoms with Crippen LogP contribution in [0.4, 0.5) is 4.39 Å². The van der Waals surface area contributed by atoms with Crippen molar-refractivity contribution in [1.82, 2.24) is 14.8 Å². The molecule has 0 saturated carbocycles. The Morgan fingerprint density at radius 3 is 2.70 bits per heavy atom. The summed E-state index contributed by atoms with van der Waals surface area (Å²) in [5.41, 5.74) is 1.37. The summed E-state index contributed by atoms with van der Waals surface area (Å²) < 4.78 is 25.4. The molecule has 0 bridgehead atoms. The number of ether oxygens (including phenoxy) is 2. The van der Waals surface area contributed by atoms with Crippen LogP contribution in [0.1, 0.15) is 48.2 Å². The van der Waals surface area contributed by atoms with Crippen molar-refractivity contribution >= 4 is 5.91 Å². The van der Waals surface area contributed by atoms with Crippen LogP contribution in [0.15, 0.2) is 36.5 Å². The highest BCUT2D eigenvalue weighted by atomic mass is 19.1. The molecule has 2 aromatic rings. The Hall–Kier alpha value is -2.99. The highest BCUT2D eigenvalue weighted by molar-refractivity contribution is 5.97. The number of carbonyl (C=O) groups is 1. The lowest BCUT2D eigenvalue weighted by atomic mass is 9.97. The van der Waals surface area contributed by atoms with Gasteiger partial charge in [-0.2, -0.15) is 0 Å². The third-order valence-electron chi connectivity index (χ3n) is 7.10. The maximum Gasteiger partial charge on any atom is 0.259 e. The van der Waals surface area contributed by atoms with Crippen molar-refractivity contribution in [1.29, 1.82) is 0 Å². The number of fused-ring (bicyclic) bond motifs is 1. The Labute approximate surface area is 218 Å². The lowest BCUT2D eigenvalue weighted by Crippen LogP contribution is -2.50. The first-order valence-corrected chi connectivity index (χ1v) is 13.0. The molecular formula is C29H36FN3O4. The fourth-order valence-electron chi connectivity index (χ4n) is 4.85. The molecule has 37 heavy (non-hydrogen) atoms. The first kappa shape index (κ1) is 27.1. The van der Waals surface area contributed by atoms with E-state index in [1.807, 2.05) is 6.92 Å². The molecule has 3 heterocycles. The second-order valence-electron chi connectivity index (χ2n) is 10.2. The third kappa shape index (κ3) is 7.07. The van der Waals surface area contributed by atoms with E-state index in [9.17, 15) is 14.3 Å². The van der Waals surface area contributed by atoms with E-state index in [0.717, 1.165) is 32.6 Å². The number of benzene rings is 1. The van der Waals surface area contributed by atoms with Gasteiger partial charge in [0.1, 0.15) is 17.5 Å². The standard InChI is InChI=1S/C29H36FN3O4/c1-20-16-33(21(2)19-34)29(35)26-14-24(8-7-22-5-4-6-25(30)13-22)15-31-28(26)37-27(20)18-32(3)17-23-9-11-36-12-10-23/h4-6,13-15,20-21,23,27,34H,9-12,16-19H2,1-3H3/t20-,21+,27-/m1/s1. The van der Waals surface area contributed by atoms with Gasteiger partial charge in [-0.15, -0.1) is 0 Å². The molecule has 1 aromatic carbocycles. The van der Waals surface area contributed by atoms with Crippen LogP contribution >= 0.6 is 0 Å². The van der Waals surface area contributed by atoms with Gasteiger partial charge in [0.05, 0.1) is 12.6 Å². The van der Waals surface area contributed by atoms with Crippen LogP contribution in [0.2, 0.25) is 0 Å². The van der Waals surface area contributed by atoms with Crippen molar-refractivity contribution in [3.05, 3.63) is 59.0 Å². The van der Waals surface area contributed by atoms with Crippen LogP contribution in [0.3, 0.4) is 0 Å². The topological polar surface area (TPSA) is 75.1 Å². The predicted molar refractivity (Wildman–Crippen MR) is 139 cm³/mol. The Kier molecular flexibility index (Phi) is 9.14. The van der Waals surface area contributed by atoms with Gasteiger partial charge in [-0.05, 0) is 57.0 Å². The van der Waals surface area contributed by atoms with E-state index in [4.69, 9.17) is 9.47 Å². The number of carbonyl (C=O) groups excluding carboxylic acids is 1. The monoisotopic (exact) mass is 509 g/mol. The molecule has 8 heteroatoms. The number of nitrogens with zero attached hydrogens (tertiary/aromatic N) is 3. The summed E-state index contributed by atoms with van der Waals surface area (Å²) in [6.07, 6.45) is 3.51. The first-order chi connectivity index (χ1) is 17.8. The largest absolute Gasteiger partial charge is 0.472 e. The minimum Gasteiger partial charge on any atom is -0.472 e. The molecule has 4 rings (SSSR count). The van der Waals surface area contributed by atoms with Crippen molar-refractivity contribution in [2.45, 2.75) is 38.8 Å². The number of hydrogen-bond acceptors (Lipinski definition) is 6.